The summed E-state index contributed by atoms with van der Waals surface area (Å²) < 4.78 is 0.905. The van der Waals surface area contributed by atoms with Gasteiger partial charge in [-0.05, 0) is 24.1 Å². The van der Waals surface area contributed by atoms with Crippen LogP contribution in [0, 0.1) is 0 Å². The van der Waals surface area contributed by atoms with Crippen LogP contribution in [0.1, 0.15) is 29.3 Å². The monoisotopic (exact) mass is 318 g/mol. The number of aryl methyl sites for hydroxylation is 1. The summed E-state index contributed by atoms with van der Waals surface area (Å²) in [5.74, 6) is 0.177. The van der Waals surface area contributed by atoms with Crippen LogP contribution in [0.3, 0.4) is 0 Å². The fourth-order valence-corrected chi connectivity index (χ4v) is 2.23. The topological polar surface area (TPSA) is 17.1 Å². The third kappa shape index (κ3) is 2.92. The number of alkyl halides is 1. The van der Waals surface area contributed by atoms with E-state index in [4.69, 9.17) is 0 Å². The van der Waals surface area contributed by atoms with E-state index in [2.05, 4.69) is 38.8 Å². The molecule has 0 radical (unpaired) electrons. The summed E-state index contributed by atoms with van der Waals surface area (Å²) in [5, 5.41) is 0.716. The third-order valence-electron chi connectivity index (χ3n) is 2.06. The quantitative estimate of drug-likeness (QED) is 0.606. The number of Topliss-reactive ketones (excluding diaryl/α,β-unsaturated/α-hetero) is 1. The van der Waals surface area contributed by atoms with Crippen molar-refractivity contribution in [2.24, 2.45) is 0 Å². The molecule has 0 amide bonds. The molecule has 0 aliphatic heterocycles. The molecule has 0 aromatic heterocycles. The molecule has 14 heavy (non-hydrogen) atoms. The van der Waals surface area contributed by atoms with Gasteiger partial charge >= 0.3 is 0 Å². The summed E-state index contributed by atoms with van der Waals surface area (Å²) in [5.41, 5.74) is 2.02. The first-order chi connectivity index (χ1) is 6.69. The van der Waals surface area contributed by atoms with Crippen molar-refractivity contribution in [3.05, 3.63) is 33.8 Å². The second-order valence-electron chi connectivity index (χ2n) is 3.03. The van der Waals surface area contributed by atoms with Gasteiger partial charge in [-0.2, -0.15) is 0 Å². The van der Waals surface area contributed by atoms with Crippen molar-refractivity contribution in [1.29, 1.82) is 0 Å². The zero-order chi connectivity index (χ0) is 10.6. The fraction of sp³-hybridized carbons (Fsp3) is 0.364. The highest BCUT2D eigenvalue weighted by atomic mass is 79.9. The molecule has 0 saturated carbocycles. The Morgan fingerprint density at radius 3 is 2.64 bits per heavy atom. The van der Waals surface area contributed by atoms with Gasteiger partial charge in [0.2, 0.25) is 0 Å². The molecular weight excluding hydrogens is 308 g/mol. The Balaban J connectivity index is 2.94. The average molecular weight is 320 g/mol. The number of benzene rings is 1. The average Bonchev–Trinajstić information content (AvgIpc) is 2.17. The minimum Gasteiger partial charge on any atom is -0.294 e. The van der Waals surface area contributed by atoms with Crippen LogP contribution >= 0.6 is 31.9 Å². The molecule has 1 nitrogen and oxygen atoms in total. The van der Waals surface area contributed by atoms with Gasteiger partial charge in [-0.25, -0.2) is 0 Å². The van der Waals surface area contributed by atoms with Crippen LogP contribution in [-0.2, 0) is 6.42 Å². The van der Waals surface area contributed by atoms with E-state index in [1.807, 2.05) is 18.2 Å². The van der Waals surface area contributed by atoms with Crippen molar-refractivity contribution in [1.82, 2.24) is 0 Å². The van der Waals surface area contributed by atoms with Crippen LogP contribution in [0.2, 0.25) is 0 Å². The SMILES string of the molecule is CCc1ccc(C(=O)CCBr)c(Br)c1. The lowest BCUT2D eigenvalue weighted by Crippen LogP contribution is -2.01. The highest BCUT2D eigenvalue weighted by molar-refractivity contribution is 9.10. The van der Waals surface area contributed by atoms with Crippen molar-refractivity contribution in [2.45, 2.75) is 19.8 Å². The number of ketones is 1. The molecule has 0 saturated heterocycles. The second-order valence-corrected chi connectivity index (χ2v) is 4.68. The van der Waals surface area contributed by atoms with Crippen LogP contribution in [0.4, 0.5) is 0 Å². The van der Waals surface area contributed by atoms with Gasteiger partial charge in [0, 0.05) is 21.8 Å². The summed E-state index contributed by atoms with van der Waals surface area (Å²) in [4.78, 5) is 11.6. The zero-order valence-electron chi connectivity index (χ0n) is 8.02. The van der Waals surface area contributed by atoms with E-state index in [0.29, 0.717) is 11.8 Å². The maximum atomic E-state index is 11.6. The molecule has 0 atom stereocenters. The van der Waals surface area contributed by atoms with Gasteiger partial charge in [0.05, 0.1) is 0 Å². The molecule has 0 aliphatic carbocycles. The molecule has 0 aliphatic rings. The maximum Gasteiger partial charge on any atom is 0.164 e. The van der Waals surface area contributed by atoms with Crippen LogP contribution in [0.5, 0.6) is 0 Å². The van der Waals surface area contributed by atoms with Crippen molar-refractivity contribution < 1.29 is 4.79 Å². The van der Waals surface area contributed by atoms with Gasteiger partial charge in [0.25, 0.3) is 0 Å². The van der Waals surface area contributed by atoms with Crippen molar-refractivity contribution in [2.75, 3.05) is 5.33 Å². The van der Waals surface area contributed by atoms with Gasteiger partial charge in [0.1, 0.15) is 0 Å². The lowest BCUT2D eigenvalue weighted by molar-refractivity contribution is 0.0989. The Morgan fingerprint density at radius 1 is 1.43 bits per heavy atom. The summed E-state index contributed by atoms with van der Waals surface area (Å²) >= 11 is 6.69. The van der Waals surface area contributed by atoms with E-state index >= 15 is 0 Å². The molecule has 0 fully saturated rings. The first-order valence-electron chi connectivity index (χ1n) is 4.56. The van der Waals surface area contributed by atoms with Crippen LogP contribution in [0.15, 0.2) is 22.7 Å². The summed E-state index contributed by atoms with van der Waals surface area (Å²) in [6.07, 6.45) is 1.54. The number of hydrogen-bond acceptors (Lipinski definition) is 1. The Kier molecular flexibility index (Phi) is 4.82. The largest absolute Gasteiger partial charge is 0.294 e. The maximum absolute atomic E-state index is 11.6. The van der Waals surface area contributed by atoms with Crippen LogP contribution < -0.4 is 0 Å². The van der Waals surface area contributed by atoms with Crippen LogP contribution in [-0.4, -0.2) is 11.1 Å². The lowest BCUT2D eigenvalue weighted by atomic mass is 10.1. The van der Waals surface area contributed by atoms with E-state index in [9.17, 15) is 4.79 Å². The van der Waals surface area contributed by atoms with Crippen molar-refractivity contribution in [3.63, 3.8) is 0 Å². The van der Waals surface area contributed by atoms with Gasteiger partial charge in [-0.3, -0.25) is 4.79 Å². The van der Waals surface area contributed by atoms with E-state index in [1.54, 1.807) is 0 Å². The highest BCUT2D eigenvalue weighted by Crippen LogP contribution is 2.20. The Labute approximate surface area is 101 Å². The van der Waals surface area contributed by atoms with E-state index in [0.717, 1.165) is 16.5 Å². The van der Waals surface area contributed by atoms with E-state index < -0.39 is 0 Å². The minimum absolute atomic E-state index is 0.177. The lowest BCUT2D eigenvalue weighted by Gasteiger charge is -2.04. The Morgan fingerprint density at radius 2 is 2.14 bits per heavy atom. The Bertz CT molecular complexity index is 334. The molecule has 0 heterocycles. The number of halogens is 2. The molecule has 0 spiro atoms. The van der Waals surface area contributed by atoms with Crippen molar-refractivity contribution >= 4 is 37.6 Å². The normalized spacial score (nSPS) is 10.2. The molecule has 0 N–H and O–H groups in total. The minimum atomic E-state index is 0.177. The second kappa shape index (κ2) is 5.66. The molecule has 3 heteroatoms. The first-order valence-corrected chi connectivity index (χ1v) is 6.48. The van der Waals surface area contributed by atoms with Crippen LogP contribution in [0.25, 0.3) is 0 Å². The molecular formula is C11H12Br2O. The smallest absolute Gasteiger partial charge is 0.164 e. The molecule has 1 rings (SSSR count). The zero-order valence-corrected chi connectivity index (χ0v) is 11.2. The van der Waals surface area contributed by atoms with Gasteiger partial charge in [0.15, 0.2) is 5.78 Å². The summed E-state index contributed by atoms with van der Waals surface area (Å²) in [6, 6.07) is 5.92. The van der Waals surface area contributed by atoms with E-state index in [1.165, 1.54) is 5.56 Å². The van der Waals surface area contributed by atoms with E-state index in [-0.39, 0.29) is 5.78 Å². The highest BCUT2D eigenvalue weighted by Gasteiger charge is 2.09. The first kappa shape index (κ1) is 11.9. The molecule has 1 aromatic carbocycles. The fourth-order valence-electron chi connectivity index (χ4n) is 1.23. The standard InChI is InChI=1S/C11H12Br2O/c1-2-8-3-4-9(10(13)7-8)11(14)5-6-12/h3-4,7H,2,5-6H2,1H3. The number of carbonyl (C=O) groups excluding carboxylic acids is 1. The van der Waals surface area contributed by atoms with Crippen molar-refractivity contribution in [3.8, 4) is 0 Å². The van der Waals surface area contributed by atoms with Gasteiger partial charge in [-0.1, -0.05) is 44.8 Å². The van der Waals surface area contributed by atoms with Gasteiger partial charge in [-0.15, -0.1) is 0 Å². The number of hydrogen-bond donors (Lipinski definition) is 0. The molecule has 76 valence electrons. The predicted octanol–water partition coefficient (Wildman–Crippen LogP) is 3.98. The third-order valence-corrected chi connectivity index (χ3v) is 3.12. The number of carbonyl (C=O) groups is 1. The molecule has 1 aromatic rings. The van der Waals surface area contributed by atoms with Gasteiger partial charge < -0.3 is 0 Å². The Hall–Kier alpha value is -0.150. The predicted molar refractivity (Wildman–Crippen MR) is 66.3 cm³/mol. The summed E-state index contributed by atoms with van der Waals surface area (Å²) in [6.45, 7) is 2.10. The summed E-state index contributed by atoms with van der Waals surface area (Å²) in [7, 11) is 0. The molecule has 0 bridgehead atoms. The number of rotatable bonds is 4. The molecule has 0 unspecified atom stereocenters.